The van der Waals surface area contributed by atoms with Crippen LogP contribution in [-0.4, -0.2) is 43.6 Å². The molecule has 0 amide bonds. The van der Waals surface area contributed by atoms with Crippen LogP contribution in [0.3, 0.4) is 0 Å². The molecule has 160 valence electrons. The fourth-order valence-corrected chi connectivity index (χ4v) is 2.01. The van der Waals surface area contributed by atoms with Crippen molar-refractivity contribution in [3.05, 3.63) is 29.8 Å². The van der Waals surface area contributed by atoms with Crippen molar-refractivity contribution in [3.63, 3.8) is 0 Å². The molecule has 0 unspecified atom stereocenters. The molecule has 0 aromatic heterocycles. The highest BCUT2D eigenvalue weighted by molar-refractivity contribution is 5.89. The summed E-state index contributed by atoms with van der Waals surface area (Å²) < 4.78 is 124. The van der Waals surface area contributed by atoms with Crippen molar-refractivity contribution in [1.29, 1.82) is 0 Å². The molecule has 0 aliphatic heterocycles. The molecule has 1 aromatic rings. The quantitative estimate of drug-likeness (QED) is 0.298. The maximum absolute atomic E-state index is 13.3. The molecule has 28 heavy (non-hydrogen) atoms. The predicted molar refractivity (Wildman–Crippen MR) is 78.0 cm³/mol. The van der Waals surface area contributed by atoms with Crippen molar-refractivity contribution in [2.75, 3.05) is 13.7 Å². The Hall–Kier alpha value is -2.14. The number of hydrogen-bond donors (Lipinski definition) is 0. The van der Waals surface area contributed by atoms with Crippen molar-refractivity contribution in [1.82, 2.24) is 0 Å². The standard InChI is InChI=1S/C16H15F9O3/c1-27-12(26)10-4-6-11(7-5-10)28-9-3-2-8-13(17,18)14(19,20)15(21,22)16(23,24)25/h4-7H,2-3,8-9H2,1H3. The number of unbranched alkanes of at least 4 members (excludes halogenated alkanes) is 1. The molecule has 0 fully saturated rings. The van der Waals surface area contributed by atoms with Crippen LogP contribution in [0.2, 0.25) is 0 Å². The number of ether oxygens (including phenoxy) is 2. The smallest absolute Gasteiger partial charge is 0.460 e. The van der Waals surface area contributed by atoms with Gasteiger partial charge in [0.25, 0.3) is 0 Å². The molecule has 0 spiro atoms. The monoisotopic (exact) mass is 426 g/mol. The molecule has 0 aliphatic rings. The lowest BCUT2D eigenvalue weighted by Crippen LogP contribution is -2.60. The van der Waals surface area contributed by atoms with Crippen LogP contribution in [0.25, 0.3) is 0 Å². The number of carbonyl (C=O) groups excluding carboxylic acids is 1. The van der Waals surface area contributed by atoms with E-state index in [2.05, 4.69) is 4.74 Å². The zero-order valence-electron chi connectivity index (χ0n) is 14.3. The van der Waals surface area contributed by atoms with Gasteiger partial charge in [0.15, 0.2) is 0 Å². The topological polar surface area (TPSA) is 35.5 Å². The van der Waals surface area contributed by atoms with E-state index in [1.54, 1.807) is 0 Å². The Kier molecular flexibility index (Phi) is 7.24. The lowest BCUT2D eigenvalue weighted by molar-refractivity contribution is -0.396. The first-order valence-corrected chi connectivity index (χ1v) is 7.69. The third kappa shape index (κ3) is 5.02. The summed E-state index contributed by atoms with van der Waals surface area (Å²) in [5, 5.41) is 0. The van der Waals surface area contributed by atoms with E-state index in [0.29, 0.717) is 0 Å². The Bertz CT molecular complexity index is 654. The Morgan fingerprint density at radius 2 is 1.39 bits per heavy atom. The molecule has 0 bridgehead atoms. The fraction of sp³-hybridized carbons (Fsp3) is 0.562. The summed E-state index contributed by atoms with van der Waals surface area (Å²) in [6.07, 6.45) is -9.82. The van der Waals surface area contributed by atoms with Crippen LogP contribution in [-0.2, 0) is 4.74 Å². The third-order valence-corrected chi connectivity index (χ3v) is 3.64. The molecule has 0 N–H and O–H groups in total. The summed E-state index contributed by atoms with van der Waals surface area (Å²) in [6.45, 7) is -0.297. The highest BCUT2D eigenvalue weighted by Crippen LogP contribution is 2.54. The summed E-state index contributed by atoms with van der Waals surface area (Å²) in [6, 6.07) is 5.32. The molecule has 0 atom stereocenters. The van der Waals surface area contributed by atoms with Gasteiger partial charge < -0.3 is 9.47 Å². The van der Waals surface area contributed by atoms with Gasteiger partial charge in [0.2, 0.25) is 0 Å². The number of carbonyl (C=O) groups is 1. The molecule has 1 aromatic carbocycles. The Morgan fingerprint density at radius 1 is 0.857 bits per heavy atom. The van der Waals surface area contributed by atoms with E-state index in [9.17, 15) is 44.3 Å². The van der Waals surface area contributed by atoms with Crippen LogP contribution in [0.15, 0.2) is 24.3 Å². The average molecular weight is 426 g/mol. The lowest BCUT2D eigenvalue weighted by Gasteiger charge is -2.33. The summed E-state index contributed by atoms with van der Waals surface area (Å²) in [5.41, 5.74) is 0.197. The summed E-state index contributed by atoms with van der Waals surface area (Å²) in [5.74, 6) is -19.5. The normalized spacial score (nSPS) is 13.4. The SMILES string of the molecule is COC(=O)c1ccc(OCCCCC(F)(F)C(F)(F)C(F)(F)C(F)(F)F)cc1. The number of halogens is 9. The molecule has 0 heterocycles. The van der Waals surface area contributed by atoms with Crippen LogP contribution in [0.5, 0.6) is 5.75 Å². The number of hydrogen-bond acceptors (Lipinski definition) is 3. The molecule has 3 nitrogen and oxygen atoms in total. The van der Waals surface area contributed by atoms with Gasteiger partial charge in [-0.15, -0.1) is 0 Å². The lowest BCUT2D eigenvalue weighted by atomic mass is 9.99. The molecular weight excluding hydrogens is 411 g/mol. The molecule has 12 heteroatoms. The minimum Gasteiger partial charge on any atom is -0.494 e. The average Bonchev–Trinajstić information content (AvgIpc) is 2.60. The van der Waals surface area contributed by atoms with Gasteiger partial charge >= 0.3 is 29.9 Å². The molecule has 0 saturated heterocycles. The first kappa shape index (κ1) is 23.9. The van der Waals surface area contributed by atoms with Crippen LogP contribution < -0.4 is 4.74 Å². The molecule has 1 rings (SSSR count). The number of benzene rings is 1. The first-order chi connectivity index (χ1) is 12.7. The number of esters is 1. The summed E-state index contributed by atoms with van der Waals surface area (Å²) in [4.78, 5) is 11.2. The van der Waals surface area contributed by atoms with Gasteiger partial charge in [-0.3, -0.25) is 0 Å². The zero-order valence-corrected chi connectivity index (χ0v) is 14.3. The van der Waals surface area contributed by atoms with Crippen molar-refractivity contribution >= 4 is 5.97 Å². The summed E-state index contributed by atoms with van der Waals surface area (Å²) in [7, 11) is 1.16. The van der Waals surface area contributed by atoms with E-state index in [4.69, 9.17) is 4.74 Å². The Morgan fingerprint density at radius 3 is 1.86 bits per heavy atom. The van der Waals surface area contributed by atoms with E-state index in [0.717, 1.165) is 7.11 Å². The second kappa shape index (κ2) is 8.48. The molecular formula is C16H15F9O3. The van der Waals surface area contributed by atoms with E-state index in [1.807, 2.05) is 0 Å². The number of rotatable bonds is 9. The van der Waals surface area contributed by atoms with Crippen molar-refractivity contribution in [2.24, 2.45) is 0 Å². The second-order valence-corrected chi connectivity index (χ2v) is 5.67. The fourth-order valence-electron chi connectivity index (χ4n) is 2.01. The van der Waals surface area contributed by atoms with E-state index < -0.39 is 42.8 Å². The van der Waals surface area contributed by atoms with Crippen LogP contribution in [0.4, 0.5) is 39.5 Å². The van der Waals surface area contributed by atoms with Crippen molar-refractivity contribution in [3.8, 4) is 5.75 Å². The number of methoxy groups -OCH3 is 1. The highest BCUT2D eigenvalue weighted by Gasteiger charge is 2.81. The van der Waals surface area contributed by atoms with Gasteiger partial charge in [0, 0.05) is 6.42 Å². The maximum atomic E-state index is 13.3. The maximum Gasteiger partial charge on any atom is 0.460 e. The number of alkyl halides is 9. The van der Waals surface area contributed by atoms with E-state index in [-0.39, 0.29) is 24.3 Å². The van der Waals surface area contributed by atoms with Crippen LogP contribution >= 0.6 is 0 Å². The van der Waals surface area contributed by atoms with Gasteiger partial charge in [-0.2, -0.15) is 39.5 Å². The van der Waals surface area contributed by atoms with Gasteiger partial charge in [-0.05, 0) is 37.1 Å². The van der Waals surface area contributed by atoms with E-state index >= 15 is 0 Å². The van der Waals surface area contributed by atoms with E-state index in [1.165, 1.54) is 24.3 Å². The molecule has 0 aliphatic carbocycles. The van der Waals surface area contributed by atoms with Gasteiger partial charge in [0.1, 0.15) is 5.75 Å². The third-order valence-electron chi connectivity index (χ3n) is 3.64. The zero-order chi connectivity index (χ0) is 21.8. The van der Waals surface area contributed by atoms with Crippen molar-refractivity contribution in [2.45, 2.75) is 43.2 Å². The largest absolute Gasteiger partial charge is 0.494 e. The second-order valence-electron chi connectivity index (χ2n) is 5.67. The predicted octanol–water partition coefficient (Wildman–Crippen LogP) is 5.49. The van der Waals surface area contributed by atoms with Gasteiger partial charge in [-0.25, -0.2) is 4.79 Å². The van der Waals surface area contributed by atoms with Gasteiger partial charge in [-0.1, -0.05) is 0 Å². The van der Waals surface area contributed by atoms with Crippen LogP contribution in [0, 0.1) is 0 Å². The van der Waals surface area contributed by atoms with Crippen molar-refractivity contribution < 1.29 is 53.8 Å². The highest BCUT2D eigenvalue weighted by atomic mass is 19.4. The molecule has 0 saturated carbocycles. The minimum absolute atomic E-state index is 0.188. The molecule has 0 radical (unpaired) electrons. The Balaban J connectivity index is 2.55. The Labute approximate surface area is 153 Å². The summed E-state index contributed by atoms with van der Waals surface area (Å²) >= 11 is 0. The van der Waals surface area contributed by atoms with Gasteiger partial charge in [0.05, 0.1) is 19.3 Å². The minimum atomic E-state index is -6.87. The van der Waals surface area contributed by atoms with Crippen LogP contribution in [0.1, 0.15) is 29.6 Å². The first-order valence-electron chi connectivity index (χ1n) is 7.69.